The molecule has 0 aromatic heterocycles. The lowest BCUT2D eigenvalue weighted by molar-refractivity contribution is 2.31. The highest BCUT2D eigenvalue weighted by atomic mass is 29.8. The Morgan fingerprint density at radius 1 is 1.20 bits per heavy atom. The van der Waals surface area contributed by atoms with Crippen molar-refractivity contribution in [3.8, 4) is 0 Å². The molecule has 0 fully saturated rings. The van der Waals surface area contributed by atoms with Gasteiger partial charge in [-0.1, -0.05) is 6.55 Å². The van der Waals surface area contributed by atoms with Crippen LogP contribution in [0.15, 0.2) is 0 Å². The van der Waals surface area contributed by atoms with E-state index in [9.17, 15) is 0 Å². The molecule has 0 heterocycles. The third-order valence-electron chi connectivity index (χ3n) is 0. The van der Waals surface area contributed by atoms with Crippen molar-refractivity contribution in [1.29, 1.82) is 0 Å². The molecule has 0 unspecified atom stereocenters. The van der Waals surface area contributed by atoms with Crippen LogP contribution in [0.4, 0.5) is 0 Å². The summed E-state index contributed by atoms with van der Waals surface area (Å²) in [6.07, 6.45) is 0. The van der Waals surface area contributed by atoms with Gasteiger partial charge in [-0.15, -0.1) is 0 Å². The Morgan fingerprint density at radius 2 is 1.20 bits per heavy atom. The lowest BCUT2D eigenvalue weighted by atomic mass is 11.9. The molecule has 0 spiro atoms. The van der Waals surface area contributed by atoms with Crippen LogP contribution in [0.25, 0.3) is 0 Å². The SMILES string of the molecule is C[Si]([SiH3])([SiH3])[SiH3]. The molecule has 0 nitrogen and oxygen atoms in total. The Bertz CT molecular complexity index is 19.1. The van der Waals surface area contributed by atoms with Crippen LogP contribution in [0.1, 0.15) is 0 Å². The lowest BCUT2D eigenvalue weighted by Crippen LogP contribution is -2.32. The second-order valence-electron chi connectivity index (χ2n) is 3.00. The van der Waals surface area contributed by atoms with Gasteiger partial charge in [0.05, 0.1) is 0 Å². The van der Waals surface area contributed by atoms with E-state index in [2.05, 4.69) is 6.55 Å². The van der Waals surface area contributed by atoms with Crippen molar-refractivity contribution in [2.45, 2.75) is 6.55 Å². The second-order valence-corrected chi connectivity index (χ2v) is 54.0. The van der Waals surface area contributed by atoms with Crippen molar-refractivity contribution in [1.82, 2.24) is 0 Å². The van der Waals surface area contributed by atoms with Crippen LogP contribution in [0.2, 0.25) is 6.55 Å². The van der Waals surface area contributed by atoms with Gasteiger partial charge in [-0.25, -0.2) is 0 Å². The van der Waals surface area contributed by atoms with Gasteiger partial charge in [0, 0.05) is 6.63 Å². The summed E-state index contributed by atoms with van der Waals surface area (Å²) in [5.41, 5.74) is 0. The molecule has 0 amide bonds. The fraction of sp³-hybridized carbons (Fsp3) is 1.00. The zero-order valence-corrected chi connectivity index (χ0v) is 11.5. The molecule has 0 aliphatic heterocycles. The zero-order valence-electron chi connectivity index (χ0n) is 4.50. The van der Waals surface area contributed by atoms with E-state index in [1.165, 1.54) is 0 Å². The van der Waals surface area contributed by atoms with Gasteiger partial charge in [0.25, 0.3) is 0 Å². The molecule has 0 atom stereocenters. The van der Waals surface area contributed by atoms with E-state index in [1.807, 2.05) is 0 Å². The molecule has 0 saturated heterocycles. The minimum Gasteiger partial charge on any atom is -0.0768 e. The normalized spacial score (nSPS) is 23.4. The monoisotopic (exact) mass is 136 g/mol. The van der Waals surface area contributed by atoms with E-state index in [0.717, 1.165) is 0 Å². The van der Waals surface area contributed by atoms with Crippen LogP contribution in [-0.4, -0.2) is 35.9 Å². The van der Waals surface area contributed by atoms with Crippen molar-refractivity contribution >= 4 is 35.9 Å². The summed E-state index contributed by atoms with van der Waals surface area (Å²) < 4.78 is 0. The molecule has 0 aromatic rings. The van der Waals surface area contributed by atoms with Gasteiger partial charge in [-0.3, -0.25) is 0 Å². The largest absolute Gasteiger partial charge is 0.0768 e. The molecular weight excluding hydrogens is 124 g/mol. The second kappa shape index (κ2) is 1.54. The molecular formula is CH12Si4. The average molecular weight is 136 g/mol. The van der Waals surface area contributed by atoms with Crippen LogP contribution in [0.5, 0.6) is 0 Å². The van der Waals surface area contributed by atoms with E-state index in [1.54, 1.807) is 29.3 Å². The molecule has 0 aromatic carbocycles. The first-order valence-electron chi connectivity index (χ1n) is 2.00. The Hall–Kier alpha value is 0.868. The van der Waals surface area contributed by atoms with E-state index in [0.29, 0.717) is 0 Å². The number of rotatable bonds is 0. The number of hydrogen-bond acceptors (Lipinski definition) is 0. The quantitative estimate of drug-likeness (QED) is 0.306. The lowest BCUT2D eigenvalue weighted by Gasteiger charge is -2.01. The summed E-state index contributed by atoms with van der Waals surface area (Å²) in [5, 5.41) is 0. The van der Waals surface area contributed by atoms with E-state index >= 15 is 0 Å². The molecule has 0 aliphatic rings. The Labute approximate surface area is 43.0 Å². The van der Waals surface area contributed by atoms with Gasteiger partial charge in [0.1, 0.15) is 0 Å². The van der Waals surface area contributed by atoms with E-state index in [4.69, 9.17) is 0 Å². The van der Waals surface area contributed by atoms with Gasteiger partial charge in [-0.05, 0) is 29.3 Å². The van der Waals surface area contributed by atoms with Gasteiger partial charge < -0.3 is 0 Å². The maximum Gasteiger partial charge on any atom is 0.00322 e. The van der Waals surface area contributed by atoms with Crippen LogP contribution < -0.4 is 0 Å². The third kappa shape index (κ3) is 53.2. The van der Waals surface area contributed by atoms with Crippen molar-refractivity contribution in [3.63, 3.8) is 0 Å². The fourth-order valence-corrected chi connectivity index (χ4v) is 0. The molecule has 4 heteroatoms. The summed E-state index contributed by atoms with van der Waals surface area (Å²) in [7, 11) is 4.71. The number of hydrogen-bond donors (Lipinski definition) is 0. The summed E-state index contributed by atoms with van der Waals surface area (Å²) in [6.45, 7) is 2.32. The molecule has 0 saturated carbocycles. The molecule has 0 aliphatic carbocycles. The fourth-order valence-electron chi connectivity index (χ4n) is 0. The molecule has 0 radical (unpaired) electrons. The smallest absolute Gasteiger partial charge is 0.00322 e. The Morgan fingerprint density at radius 3 is 1.20 bits per heavy atom. The highest BCUT2D eigenvalue weighted by molar-refractivity contribution is 7.59. The van der Waals surface area contributed by atoms with E-state index in [-0.39, 0.29) is 6.63 Å². The van der Waals surface area contributed by atoms with Gasteiger partial charge >= 0.3 is 0 Å². The van der Waals surface area contributed by atoms with Gasteiger partial charge in [-0.2, -0.15) is 0 Å². The molecule has 32 valence electrons. The average Bonchev–Trinajstić information content (AvgIpc) is 0.722. The first-order valence-corrected chi connectivity index (χ1v) is 15.0. The zero-order chi connectivity index (χ0) is 4.50. The molecule has 0 N–H and O–H groups in total. The van der Waals surface area contributed by atoms with Crippen molar-refractivity contribution in [2.24, 2.45) is 0 Å². The first kappa shape index (κ1) is 5.87. The molecule has 0 rings (SSSR count). The van der Waals surface area contributed by atoms with Crippen LogP contribution in [0, 0.1) is 0 Å². The van der Waals surface area contributed by atoms with Crippen molar-refractivity contribution < 1.29 is 0 Å². The first-order chi connectivity index (χ1) is 2.00. The third-order valence-corrected chi connectivity index (χ3v) is 0. The van der Waals surface area contributed by atoms with Crippen LogP contribution in [-0.2, 0) is 0 Å². The topological polar surface area (TPSA) is 0 Å². The van der Waals surface area contributed by atoms with Crippen LogP contribution >= 0.6 is 0 Å². The van der Waals surface area contributed by atoms with E-state index < -0.39 is 0 Å². The maximum absolute atomic E-state index is 2.51. The highest BCUT2D eigenvalue weighted by Gasteiger charge is 1.99. The standard InChI is InChI=1S/CH12Si4/c1-5(2,3)4/h1-4H3. The van der Waals surface area contributed by atoms with Gasteiger partial charge in [0.15, 0.2) is 0 Å². The molecule has 0 bridgehead atoms. The summed E-state index contributed by atoms with van der Waals surface area (Å²) in [6, 6.07) is 0. The summed E-state index contributed by atoms with van der Waals surface area (Å²) in [5.74, 6) is 0. The minimum absolute atomic E-state index is 0.194. The van der Waals surface area contributed by atoms with Crippen LogP contribution in [0.3, 0.4) is 0 Å². The predicted molar refractivity (Wildman–Crippen MR) is 41.4 cm³/mol. The highest BCUT2D eigenvalue weighted by Crippen LogP contribution is 1.72. The van der Waals surface area contributed by atoms with Crippen molar-refractivity contribution in [2.75, 3.05) is 0 Å². The minimum atomic E-state index is -0.194. The van der Waals surface area contributed by atoms with Gasteiger partial charge in [0.2, 0.25) is 0 Å². The van der Waals surface area contributed by atoms with Crippen molar-refractivity contribution in [3.05, 3.63) is 0 Å². The summed E-state index contributed by atoms with van der Waals surface area (Å²) >= 11 is 0. The predicted octanol–water partition coefficient (Wildman–Crippen LogP) is -3.35. The Balaban J connectivity index is 3.02. The summed E-state index contributed by atoms with van der Waals surface area (Å²) in [4.78, 5) is 0. The maximum atomic E-state index is 2.51. The molecule has 5 heavy (non-hydrogen) atoms. The Kier molecular flexibility index (Phi) is 1.81.